The smallest absolute Gasteiger partial charge is 0.352 e. The topological polar surface area (TPSA) is 51.5 Å². The number of benzene rings is 1. The third-order valence-corrected chi connectivity index (χ3v) is 3.63. The molecule has 4 nitrogen and oxygen atoms in total. The summed E-state index contributed by atoms with van der Waals surface area (Å²) in [5.74, 6) is -0.248. The Morgan fingerprint density at radius 3 is 2.72 bits per heavy atom. The first-order chi connectivity index (χ1) is 8.52. The number of carboxylic acids is 1. The highest BCUT2D eigenvalue weighted by molar-refractivity contribution is 14.1. The second-order valence-electron chi connectivity index (χ2n) is 3.54. The largest absolute Gasteiger partial charge is 0.496 e. The SMILES string of the molecule is COc1ccc(-n2cc(I)cc2C(=O)O)cc1Br. The van der Waals surface area contributed by atoms with E-state index >= 15 is 0 Å². The molecule has 1 N–H and O–H groups in total. The predicted octanol–water partition coefficient (Wildman–Crippen LogP) is 3.55. The number of rotatable bonds is 3. The number of carboxylic acid groups (broad SMARTS) is 1. The average molecular weight is 422 g/mol. The van der Waals surface area contributed by atoms with Gasteiger partial charge in [0.05, 0.1) is 11.6 Å². The zero-order chi connectivity index (χ0) is 13.3. The molecule has 0 saturated heterocycles. The summed E-state index contributed by atoms with van der Waals surface area (Å²) in [7, 11) is 1.58. The molecule has 0 aliphatic rings. The molecular formula is C12H9BrINO3. The highest BCUT2D eigenvalue weighted by atomic mass is 127. The normalized spacial score (nSPS) is 10.4. The number of hydrogen-bond acceptors (Lipinski definition) is 2. The van der Waals surface area contributed by atoms with Gasteiger partial charge in [-0.2, -0.15) is 0 Å². The van der Waals surface area contributed by atoms with Crippen LogP contribution >= 0.6 is 38.5 Å². The van der Waals surface area contributed by atoms with Gasteiger partial charge in [0.15, 0.2) is 0 Å². The van der Waals surface area contributed by atoms with Crippen LogP contribution in [0.2, 0.25) is 0 Å². The quantitative estimate of drug-likeness (QED) is 0.771. The van der Waals surface area contributed by atoms with Gasteiger partial charge in [-0.3, -0.25) is 0 Å². The average Bonchev–Trinajstić information content (AvgIpc) is 2.71. The molecule has 6 heteroatoms. The van der Waals surface area contributed by atoms with Crippen molar-refractivity contribution in [1.29, 1.82) is 0 Å². The number of aromatic nitrogens is 1. The van der Waals surface area contributed by atoms with Crippen molar-refractivity contribution in [1.82, 2.24) is 4.57 Å². The van der Waals surface area contributed by atoms with Crippen LogP contribution in [0.5, 0.6) is 5.75 Å². The molecule has 94 valence electrons. The lowest BCUT2D eigenvalue weighted by atomic mass is 10.3. The van der Waals surface area contributed by atoms with E-state index in [9.17, 15) is 4.79 Å². The fourth-order valence-electron chi connectivity index (χ4n) is 1.61. The molecule has 0 fully saturated rings. The van der Waals surface area contributed by atoms with Crippen molar-refractivity contribution in [2.24, 2.45) is 0 Å². The lowest BCUT2D eigenvalue weighted by Crippen LogP contribution is -2.05. The highest BCUT2D eigenvalue weighted by Crippen LogP contribution is 2.28. The number of ether oxygens (including phenoxy) is 1. The zero-order valence-corrected chi connectivity index (χ0v) is 13.1. The van der Waals surface area contributed by atoms with Gasteiger partial charge >= 0.3 is 5.97 Å². The molecule has 0 aliphatic carbocycles. The summed E-state index contributed by atoms with van der Waals surface area (Å²) in [6.07, 6.45) is 1.78. The van der Waals surface area contributed by atoms with E-state index in [1.165, 1.54) is 0 Å². The molecule has 0 atom stereocenters. The van der Waals surface area contributed by atoms with E-state index in [1.54, 1.807) is 30.0 Å². The van der Waals surface area contributed by atoms with Gasteiger partial charge in [0.25, 0.3) is 0 Å². The molecule has 18 heavy (non-hydrogen) atoms. The Hall–Kier alpha value is -1.02. The van der Waals surface area contributed by atoms with Gasteiger partial charge in [-0.15, -0.1) is 0 Å². The van der Waals surface area contributed by atoms with Crippen molar-refractivity contribution in [2.45, 2.75) is 0 Å². The maximum Gasteiger partial charge on any atom is 0.352 e. The molecule has 0 aliphatic heterocycles. The van der Waals surface area contributed by atoms with Gasteiger partial charge in [0.1, 0.15) is 11.4 Å². The Morgan fingerprint density at radius 2 is 2.17 bits per heavy atom. The van der Waals surface area contributed by atoms with Crippen molar-refractivity contribution < 1.29 is 14.6 Å². The van der Waals surface area contributed by atoms with Crippen molar-refractivity contribution in [3.63, 3.8) is 0 Å². The van der Waals surface area contributed by atoms with E-state index in [-0.39, 0.29) is 5.69 Å². The summed E-state index contributed by atoms with van der Waals surface area (Å²) in [4.78, 5) is 11.2. The van der Waals surface area contributed by atoms with Crippen molar-refractivity contribution >= 4 is 44.5 Å². The third-order valence-electron chi connectivity index (χ3n) is 2.42. The minimum absolute atomic E-state index is 0.233. The molecule has 0 bridgehead atoms. The maximum absolute atomic E-state index is 11.2. The Bertz CT molecular complexity index is 609. The van der Waals surface area contributed by atoms with Crippen molar-refractivity contribution in [3.8, 4) is 11.4 Å². The van der Waals surface area contributed by atoms with Crippen LogP contribution in [-0.2, 0) is 0 Å². The van der Waals surface area contributed by atoms with E-state index in [4.69, 9.17) is 9.84 Å². The molecule has 1 aromatic carbocycles. The van der Waals surface area contributed by atoms with Crippen LogP contribution in [0.15, 0.2) is 34.9 Å². The first kappa shape index (κ1) is 13.4. The number of carbonyl (C=O) groups is 1. The standard InChI is InChI=1S/C12H9BrINO3/c1-18-11-3-2-8(5-9(11)13)15-6-7(14)4-10(15)12(16)17/h2-6H,1H3,(H,16,17). The summed E-state index contributed by atoms with van der Waals surface area (Å²) < 4.78 is 8.43. The number of halogens is 2. The summed E-state index contributed by atoms with van der Waals surface area (Å²) >= 11 is 5.47. The number of aromatic carboxylic acids is 1. The van der Waals surface area contributed by atoms with E-state index in [1.807, 2.05) is 12.1 Å². The molecule has 2 rings (SSSR count). The number of hydrogen-bond donors (Lipinski definition) is 1. The maximum atomic E-state index is 11.2. The molecule has 0 spiro atoms. The number of methoxy groups -OCH3 is 1. The van der Waals surface area contributed by atoms with Gasteiger partial charge in [-0.25, -0.2) is 4.79 Å². The predicted molar refractivity (Wildman–Crippen MR) is 79.7 cm³/mol. The van der Waals surface area contributed by atoms with Gasteiger partial charge in [-0.1, -0.05) is 0 Å². The summed E-state index contributed by atoms with van der Waals surface area (Å²) in [5, 5.41) is 9.15. The lowest BCUT2D eigenvalue weighted by molar-refractivity contribution is 0.0688. The minimum Gasteiger partial charge on any atom is -0.496 e. The molecule has 0 unspecified atom stereocenters. The Labute approximate surface area is 126 Å². The molecule has 1 heterocycles. The Balaban J connectivity index is 2.55. The van der Waals surface area contributed by atoms with Gasteiger partial charge in [0.2, 0.25) is 0 Å². The van der Waals surface area contributed by atoms with Crippen LogP contribution in [-0.4, -0.2) is 22.8 Å². The van der Waals surface area contributed by atoms with Crippen LogP contribution in [0.4, 0.5) is 0 Å². The van der Waals surface area contributed by atoms with Crippen molar-refractivity contribution in [2.75, 3.05) is 7.11 Å². The van der Waals surface area contributed by atoms with Crippen LogP contribution in [0.1, 0.15) is 10.5 Å². The molecule has 2 aromatic rings. The fourth-order valence-corrected chi connectivity index (χ4v) is 2.72. The third kappa shape index (κ3) is 2.54. The summed E-state index contributed by atoms with van der Waals surface area (Å²) in [6, 6.07) is 7.05. The molecule has 1 aromatic heterocycles. The van der Waals surface area contributed by atoms with Crippen molar-refractivity contribution in [3.05, 3.63) is 44.2 Å². The first-order valence-electron chi connectivity index (χ1n) is 4.98. The van der Waals surface area contributed by atoms with Gasteiger partial charge in [0, 0.05) is 15.5 Å². The summed E-state index contributed by atoms with van der Waals surface area (Å²) in [5.41, 5.74) is 0.999. The van der Waals surface area contributed by atoms with E-state index in [0.717, 1.165) is 13.7 Å². The first-order valence-corrected chi connectivity index (χ1v) is 6.85. The molecular weight excluding hydrogens is 413 g/mol. The number of nitrogens with zero attached hydrogens (tertiary/aromatic N) is 1. The Kier molecular flexibility index (Phi) is 3.96. The molecule has 0 radical (unpaired) electrons. The Morgan fingerprint density at radius 1 is 1.44 bits per heavy atom. The fraction of sp³-hybridized carbons (Fsp3) is 0.0833. The monoisotopic (exact) mass is 421 g/mol. The van der Waals surface area contributed by atoms with Crippen LogP contribution in [0.25, 0.3) is 5.69 Å². The van der Waals surface area contributed by atoms with Gasteiger partial charge in [-0.05, 0) is 62.8 Å². The van der Waals surface area contributed by atoms with Crippen LogP contribution in [0, 0.1) is 3.57 Å². The van der Waals surface area contributed by atoms with Crippen LogP contribution in [0.3, 0.4) is 0 Å². The van der Waals surface area contributed by atoms with E-state index in [2.05, 4.69) is 38.5 Å². The lowest BCUT2D eigenvalue weighted by Gasteiger charge is -2.09. The molecule has 0 amide bonds. The second kappa shape index (κ2) is 5.31. The summed E-state index contributed by atoms with van der Waals surface area (Å²) in [6.45, 7) is 0. The molecule has 0 saturated carbocycles. The van der Waals surface area contributed by atoms with E-state index in [0.29, 0.717) is 5.75 Å². The van der Waals surface area contributed by atoms with Crippen LogP contribution < -0.4 is 4.74 Å². The zero-order valence-electron chi connectivity index (χ0n) is 9.35. The minimum atomic E-state index is -0.954. The second-order valence-corrected chi connectivity index (χ2v) is 5.64. The van der Waals surface area contributed by atoms with E-state index < -0.39 is 5.97 Å². The van der Waals surface area contributed by atoms with Gasteiger partial charge < -0.3 is 14.4 Å². The highest BCUT2D eigenvalue weighted by Gasteiger charge is 2.13.